The van der Waals surface area contributed by atoms with Gasteiger partial charge in [0.2, 0.25) is 0 Å². The molecule has 1 amide bonds. The quantitative estimate of drug-likeness (QED) is 0.767. The molecule has 2 fully saturated rings. The molecule has 5 heteroatoms. The lowest BCUT2D eigenvalue weighted by molar-refractivity contribution is -0.183. The van der Waals surface area contributed by atoms with E-state index in [-0.39, 0.29) is 5.91 Å². The standard InChI is InChI=1S/C14H18N2O3/c1-11-3-4-12(9-15-11)13(17)16-6-2-5-14(10-16)18-7-8-19-14/h3-4,9H,2,5-8,10H2,1H3. The minimum atomic E-state index is -0.563. The molecule has 1 spiro atoms. The van der Waals surface area contributed by atoms with Gasteiger partial charge in [-0.15, -0.1) is 0 Å². The number of ether oxygens (including phenoxy) is 2. The molecule has 0 N–H and O–H groups in total. The highest BCUT2D eigenvalue weighted by Crippen LogP contribution is 2.30. The molecule has 0 aromatic carbocycles. The molecule has 3 heterocycles. The minimum Gasteiger partial charge on any atom is -0.346 e. The van der Waals surface area contributed by atoms with Gasteiger partial charge in [0, 0.05) is 24.9 Å². The van der Waals surface area contributed by atoms with E-state index < -0.39 is 5.79 Å². The summed E-state index contributed by atoms with van der Waals surface area (Å²) in [6.45, 7) is 4.41. The van der Waals surface area contributed by atoms with Crippen LogP contribution in [0.4, 0.5) is 0 Å². The number of hydrogen-bond donors (Lipinski definition) is 0. The summed E-state index contributed by atoms with van der Waals surface area (Å²) >= 11 is 0. The number of piperidine rings is 1. The van der Waals surface area contributed by atoms with Crippen LogP contribution in [-0.4, -0.2) is 47.9 Å². The average Bonchev–Trinajstić information content (AvgIpc) is 2.87. The summed E-state index contributed by atoms with van der Waals surface area (Å²) in [6, 6.07) is 3.68. The Kier molecular flexibility index (Phi) is 3.24. The van der Waals surface area contributed by atoms with Crippen molar-refractivity contribution in [2.75, 3.05) is 26.3 Å². The van der Waals surface area contributed by atoms with Gasteiger partial charge < -0.3 is 14.4 Å². The summed E-state index contributed by atoms with van der Waals surface area (Å²) in [6.07, 6.45) is 3.41. The Morgan fingerprint density at radius 1 is 1.37 bits per heavy atom. The molecule has 5 nitrogen and oxygen atoms in total. The van der Waals surface area contributed by atoms with Crippen molar-refractivity contribution >= 4 is 5.91 Å². The Balaban J connectivity index is 1.74. The van der Waals surface area contributed by atoms with Crippen LogP contribution in [-0.2, 0) is 9.47 Å². The summed E-state index contributed by atoms with van der Waals surface area (Å²) in [5.74, 6) is -0.558. The number of hydrogen-bond acceptors (Lipinski definition) is 4. The fourth-order valence-electron chi connectivity index (χ4n) is 2.67. The third-order valence-corrected chi connectivity index (χ3v) is 3.68. The fourth-order valence-corrected chi connectivity index (χ4v) is 2.67. The van der Waals surface area contributed by atoms with Gasteiger partial charge in [-0.1, -0.05) is 0 Å². The third-order valence-electron chi connectivity index (χ3n) is 3.68. The van der Waals surface area contributed by atoms with Crippen molar-refractivity contribution in [3.05, 3.63) is 29.6 Å². The van der Waals surface area contributed by atoms with Gasteiger partial charge in [0.25, 0.3) is 5.91 Å². The van der Waals surface area contributed by atoms with E-state index in [4.69, 9.17) is 9.47 Å². The topological polar surface area (TPSA) is 51.7 Å². The lowest BCUT2D eigenvalue weighted by Gasteiger charge is -2.38. The van der Waals surface area contributed by atoms with Crippen molar-refractivity contribution in [2.24, 2.45) is 0 Å². The maximum absolute atomic E-state index is 12.4. The lowest BCUT2D eigenvalue weighted by Crippen LogP contribution is -2.51. The van der Waals surface area contributed by atoms with E-state index in [1.54, 1.807) is 11.1 Å². The van der Waals surface area contributed by atoms with E-state index in [0.717, 1.165) is 25.1 Å². The first-order chi connectivity index (χ1) is 9.19. The maximum Gasteiger partial charge on any atom is 0.255 e. The monoisotopic (exact) mass is 262 g/mol. The highest BCUT2D eigenvalue weighted by molar-refractivity contribution is 5.94. The lowest BCUT2D eigenvalue weighted by atomic mass is 10.0. The molecule has 0 unspecified atom stereocenters. The number of rotatable bonds is 1. The molecule has 2 aliphatic rings. The highest BCUT2D eigenvalue weighted by Gasteiger charge is 2.42. The first-order valence-corrected chi connectivity index (χ1v) is 6.68. The molecule has 0 saturated carbocycles. The molecule has 0 bridgehead atoms. The van der Waals surface area contributed by atoms with Gasteiger partial charge in [-0.3, -0.25) is 9.78 Å². The van der Waals surface area contributed by atoms with Crippen LogP contribution in [0.15, 0.2) is 18.3 Å². The van der Waals surface area contributed by atoms with Crippen LogP contribution >= 0.6 is 0 Å². The largest absolute Gasteiger partial charge is 0.346 e. The van der Waals surface area contributed by atoms with Gasteiger partial charge in [0.1, 0.15) is 0 Å². The Labute approximate surface area is 112 Å². The van der Waals surface area contributed by atoms with Crippen LogP contribution in [0.25, 0.3) is 0 Å². The molecule has 2 saturated heterocycles. The number of likely N-dealkylation sites (tertiary alicyclic amines) is 1. The first kappa shape index (κ1) is 12.6. The van der Waals surface area contributed by atoms with Crippen molar-refractivity contribution in [1.29, 1.82) is 0 Å². The second-order valence-corrected chi connectivity index (χ2v) is 5.13. The first-order valence-electron chi connectivity index (χ1n) is 6.68. The number of nitrogens with zero attached hydrogens (tertiary/aromatic N) is 2. The summed E-state index contributed by atoms with van der Waals surface area (Å²) in [7, 11) is 0. The second kappa shape index (κ2) is 4.90. The Morgan fingerprint density at radius 2 is 2.16 bits per heavy atom. The van der Waals surface area contributed by atoms with Crippen LogP contribution in [0.1, 0.15) is 28.9 Å². The summed E-state index contributed by atoms with van der Waals surface area (Å²) < 4.78 is 11.4. The molecule has 1 aromatic heterocycles. The predicted molar refractivity (Wildman–Crippen MR) is 68.7 cm³/mol. The molecular weight excluding hydrogens is 244 g/mol. The summed E-state index contributed by atoms with van der Waals surface area (Å²) in [4.78, 5) is 18.4. The van der Waals surface area contributed by atoms with Crippen LogP contribution in [0.3, 0.4) is 0 Å². The summed E-state index contributed by atoms with van der Waals surface area (Å²) in [5, 5.41) is 0. The number of amides is 1. The van der Waals surface area contributed by atoms with Crippen molar-refractivity contribution in [3.8, 4) is 0 Å². The molecule has 19 heavy (non-hydrogen) atoms. The van der Waals surface area contributed by atoms with Crippen molar-refractivity contribution in [3.63, 3.8) is 0 Å². The third kappa shape index (κ3) is 2.48. The van der Waals surface area contributed by atoms with E-state index >= 15 is 0 Å². The molecule has 1 aromatic rings. The van der Waals surface area contributed by atoms with Gasteiger partial charge in [-0.05, 0) is 25.5 Å². The number of pyridine rings is 1. The van der Waals surface area contributed by atoms with E-state index in [2.05, 4.69) is 4.98 Å². The van der Waals surface area contributed by atoms with Gasteiger partial charge in [0.05, 0.1) is 25.3 Å². The Morgan fingerprint density at radius 3 is 2.84 bits per heavy atom. The number of aryl methyl sites for hydroxylation is 1. The zero-order valence-corrected chi connectivity index (χ0v) is 11.1. The maximum atomic E-state index is 12.4. The van der Waals surface area contributed by atoms with E-state index in [1.165, 1.54) is 0 Å². The zero-order chi connectivity index (χ0) is 13.3. The molecule has 0 atom stereocenters. The van der Waals surface area contributed by atoms with E-state index in [1.807, 2.05) is 19.1 Å². The summed E-state index contributed by atoms with van der Waals surface area (Å²) in [5.41, 5.74) is 1.54. The Bertz CT molecular complexity index is 466. The minimum absolute atomic E-state index is 0.00525. The number of carbonyl (C=O) groups is 1. The highest BCUT2D eigenvalue weighted by atomic mass is 16.7. The Hall–Kier alpha value is -1.46. The van der Waals surface area contributed by atoms with Gasteiger partial charge >= 0.3 is 0 Å². The van der Waals surface area contributed by atoms with Gasteiger partial charge in [-0.2, -0.15) is 0 Å². The predicted octanol–water partition coefficient (Wildman–Crippen LogP) is 1.37. The van der Waals surface area contributed by atoms with Crippen LogP contribution in [0, 0.1) is 6.92 Å². The van der Waals surface area contributed by atoms with Crippen LogP contribution in [0.5, 0.6) is 0 Å². The van der Waals surface area contributed by atoms with E-state index in [9.17, 15) is 4.79 Å². The van der Waals surface area contributed by atoms with Gasteiger partial charge in [-0.25, -0.2) is 0 Å². The SMILES string of the molecule is Cc1ccc(C(=O)N2CCCC3(C2)OCCO3)cn1. The van der Waals surface area contributed by atoms with E-state index in [0.29, 0.717) is 25.3 Å². The molecule has 102 valence electrons. The number of aromatic nitrogens is 1. The molecular formula is C14H18N2O3. The fraction of sp³-hybridized carbons (Fsp3) is 0.571. The molecule has 0 aliphatic carbocycles. The molecule has 3 rings (SSSR count). The van der Waals surface area contributed by atoms with Crippen molar-refractivity contribution < 1.29 is 14.3 Å². The molecule has 0 radical (unpaired) electrons. The smallest absolute Gasteiger partial charge is 0.255 e. The normalized spacial score (nSPS) is 21.8. The van der Waals surface area contributed by atoms with Gasteiger partial charge in [0.15, 0.2) is 5.79 Å². The number of carbonyl (C=O) groups excluding carboxylic acids is 1. The second-order valence-electron chi connectivity index (χ2n) is 5.13. The average molecular weight is 262 g/mol. The molecule has 2 aliphatic heterocycles. The van der Waals surface area contributed by atoms with Crippen molar-refractivity contribution in [2.45, 2.75) is 25.6 Å². The van der Waals surface area contributed by atoms with Crippen LogP contribution in [0.2, 0.25) is 0 Å². The zero-order valence-electron chi connectivity index (χ0n) is 11.1. The van der Waals surface area contributed by atoms with Crippen LogP contribution < -0.4 is 0 Å². The van der Waals surface area contributed by atoms with Crippen molar-refractivity contribution in [1.82, 2.24) is 9.88 Å².